The molecule has 2 amide bonds. The van der Waals surface area contributed by atoms with E-state index in [-0.39, 0.29) is 18.5 Å². The van der Waals surface area contributed by atoms with Crippen molar-refractivity contribution in [3.8, 4) is 0 Å². The Kier molecular flexibility index (Phi) is 5.95. The maximum Gasteiger partial charge on any atom is 0.319 e. The van der Waals surface area contributed by atoms with Crippen LogP contribution in [-0.2, 0) is 0 Å². The molecule has 0 aromatic heterocycles. The Hall–Kier alpha value is -1.26. The molecule has 0 aliphatic rings. The predicted octanol–water partition coefficient (Wildman–Crippen LogP) is 2.87. The maximum absolute atomic E-state index is 11.5. The van der Waals surface area contributed by atoms with Gasteiger partial charge in [0.25, 0.3) is 0 Å². The van der Waals surface area contributed by atoms with Crippen LogP contribution in [0, 0.1) is 5.92 Å². The summed E-state index contributed by atoms with van der Waals surface area (Å²) >= 11 is 5.74. The first kappa shape index (κ1) is 14.8. The Labute approximate surface area is 112 Å². The second-order valence-electron chi connectivity index (χ2n) is 4.29. The molecule has 1 aromatic carbocycles. The topological polar surface area (TPSA) is 61.4 Å². The van der Waals surface area contributed by atoms with Gasteiger partial charge >= 0.3 is 6.03 Å². The summed E-state index contributed by atoms with van der Waals surface area (Å²) in [6.45, 7) is 4.19. The molecule has 0 bridgehead atoms. The van der Waals surface area contributed by atoms with E-state index in [2.05, 4.69) is 10.6 Å². The molecule has 0 spiro atoms. The van der Waals surface area contributed by atoms with Crippen LogP contribution in [0.2, 0.25) is 5.02 Å². The number of nitrogens with one attached hydrogen (secondary N) is 2. The van der Waals surface area contributed by atoms with E-state index in [4.69, 9.17) is 11.6 Å². The van der Waals surface area contributed by atoms with Crippen molar-refractivity contribution in [2.45, 2.75) is 26.4 Å². The fourth-order valence-electron chi connectivity index (χ4n) is 1.38. The molecule has 0 heterocycles. The smallest absolute Gasteiger partial charge is 0.319 e. The number of carbonyl (C=O) groups excluding carboxylic acids is 1. The summed E-state index contributed by atoms with van der Waals surface area (Å²) in [4.78, 5) is 11.5. The Morgan fingerprint density at radius 1 is 1.39 bits per heavy atom. The summed E-state index contributed by atoms with van der Waals surface area (Å²) < 4.78 is 0. The largest absolute Gasteiger partial charge is 0.391 e. The van der Waals surface area contributed by atoms with Crippen molar-refractivity contribution in [2.75, 3.05) is 11.9 Å². The number of benzene rings is 1. The zero-order chi connectivity index (χ0) is 13.5. The first-order valence-electron chi connectivity index (χ1n) is 6.01. The van der Waals surface area contributed by atoms with Crippen molar-refractivity contribution in [3.05, 3.63) is 29.3 Å². The Morgan fingerprint density at radius 2 is 2.00 bits per heavy atom. The molecule has 0 saturated carbocycles. The summed E-state index contributed by atoms with van der Waals surface area (Å²) in [6.07, 6.45) is 0.354. The summed E-state index contributed by atoms with van der Waals surface area (Å²) in [7, 11) is 0. The third-order valence-electron chi connectivity index (χ3n) is 2.87. The van der Waals surface area contributed by atoms with E-state index in [1.54, 1.807) is 24.3 Å². The van der Waals surface area contributed by atoms with Gasteiger partial charge in [-0.25, -0.2) is 4.79 Å². The van der Waals surface area contributed by atoms with Crippen LogP contribution in [0.4, 0.5) is 10.5 Å². The molecular formula is C13H19ClN2O2. The number of urea groups is 1. The van der Waals surface area contributed by atoms with E-state index in [1.807, 2.05) is 13.8 Å². The zero-order valence-electron chi connectivity index (χ0n) is 10.6. The van der Waals surface area contributed by atoms with Gasteiger partial charge in [0.2, 0.25) is 0 Å². The molecule has 0 aliphatic heterocycles. The Morgan fingerprint density at radius 3 is 2.56 bits per heavy atom. The second kappa shape index (κ2) is 7.24. The highest BCUT2D eigenvalue weighted by Crippen LogP contribution is 2.13. The average Bonchev–Trinajstić information content (AvgIpc) is 2.37. The molecule has 3 N–H and O–H groups in total. The van der Waals surface area contributed by atoms with Crippen molar-refractivity contribution in [1.29, 1.82) is 0 Å². The van der Waals surface area contributed by atoms with Crippen LogP contribution in [0.5, 0.6) is 0 Å². The SMILES string of the molecule is CCC(C)C(O)CNC(=O)Nc1ccc(Cl)cc1. The van der Waals surface area contributed by atoms with Crippen LogP contribution in [0.3, 0.4) is 0 Å². The standard InChI is InChI=1S/C13H19ClN2O2/c1-3-9(2)12(17)8-15-13(18)16-11-6-4-10(14)5-7-11/h4-7,9,12,17H,3,8H2,1-2H3,(H2,15,16,18). The van der Waals surface area contributed by atoms with E-state index in [0.717, 1.165) is 6.42 Å². The molecule has 0 aliphatic carbocycles. The van der Waals surface area contributed by atoms with Crippen LogP contribution in [0.15, 0.2) is 24.3 Å². The number of rotatable bonds is 5. The van der Waals surface area contributed by atoms with Gasteiger partial charge in [0, 0.05) is 17.3 Å². The Bertz CT molecular complexity index is 381. The molecular weight excluding hydrogens is 252 g/mol. The number of amides is 2. The van der Waals surface area contributed by atoms with E-state index in [9.17, 15) is 9.90 Å². The quantitative estimate of drug-likeness (QED) is 0.770. The first-order valence-corrected chi connectivity index (χ1v) is 6.39. The molecule has 2 atom stereocenters. The maximum atomic E-state index is 11.5. The summed E-state index contributed by atoms with van der Waals surface area (Å²) in [6, 6.07) is 6.50. The van der Waals surface area contributed by atoms with Gasteiger partial charge in [-0.2, -0.15) is 0 Å². The van der Waals surface area contributed by atoms with E-state index in [1.165, 1.54) is 0 Å². The Balaban J connectivity index is 2.36. The molecule has 1 rings (SSSR count). The number of aliphatic hydroxyl groups excluding tert-OH is 1. The molecule has 2 unspecified atom stereocenters. The second-order valence-corrected chi connectivity index (χ2v) is 4.73. The van der Waals surface area contributed by atoms with Crippen LogP contribution in [0.25, 0.3) is 0 Å². The number of anilines is 1. The molecule has 0 fully saturated rings. The number of hydrogen-bond donors (Lipinski definition) is 3. The third-order valence-corrected chi connectivity index (χ3v) is 3.13. The van der Waals surface area contributed by atoms with Gasteiger partial charge in [-0.1, -0.05) is 31.9 Å². The van der Waals surface area contributed by atoms with Crippen LogP contribution in [-0.4, -0.2) is 23.8 Å². The summed E-state index contributed by atoms with van der Waals surface area (Å²) in [5.74, 6) is 0.167. The lowest BCUT2D eigenvalue weighted by molar-refractivity contribution is 0.115. The van der Waals surface area contributed by atoms with Crippen molar-refractivity contribution < 1.29 is 9.90 Å². The number of carbonyl (C=O) groups is 1. The van der Waals surface area contributed by atoms with Crippen LogP contribution >= 0.6 is 11.6 Å². The van der Waals surface area contributed by atoms with Gasteiger partial charge < -0.3 is 15.7 Å². The van der Waals surface area contributed by atoms with Gasteiger partial charge in [-0.05, 0) is 30.2 Å². The highest BCUT2D eigenvalue weighted by Gasteiger charge is 2.13. The first-order chi connectivity index (χ1) is 8.52. The van der Waals surface area contributed by atoms with Crippen LogP contribution in [0.1, 0.15) is 20.3 Å². The molecule has 5 heteroatoms. The fraction of sp³-hybridized carbons (Fsp3) is 0.462. The third kappa shape index (κ3) is 4.94. The van der Waals surface area contributed by atoms with Gasteiger partial charge in [0.05, 0.1) is 6.10 Å². The molecule has 18 heavy (non-hydrogen) atoms. The lowest BCUT2D eigenvalue weighted by Gasteiger charge is -2.17. The minimum Gasteiger partial charge on any atom is -0.391 e. The van der Waals surface area contributed by atoms with Crippen molar-refractivity contribution in [3.63, 3.8) is 0 Å². The highest BCUT2D eigenvalue weighted by atomic mass is 35.5. The lowest BCUT2D eigenvalue weighted by atomic mass is 10.0. The monoisotopic (exact) mass is 270 g/mol. The number of aliphatic hydroxyl groups is 1. The molecule has 1 aromatic rings. The lowest BCUT2D eigenvalue weighted by Crippen LogP contribution is -2.37. The molecule has 0 saturated heterocycles. The summed E-state index contributed by atoms with van der Waals surface area (Å²) in [5.41, 5.74) is 0.662. The van der Waals surface area contributed by atoms with Gasteiger partial charge in [0.1, 0.15) is 0 Å². The van der Waals surface area contributed by atoms with Gasteiger partial charge in [0.15, 0.2) is 0 Å². The zero-order valence-corrected chi connectivity index (χ0v) is 11.4. The van der Waals surface area contributed by atoms with Crippen molar-refractivity contribution in [2.24, 2.45) is 5.92 Å². The average molecular weight is 271 g/mol. The number of hydrogen-bond acceptors (Lipinski definition) is 2. The fourth-order valence-corrected chi connectivity index (χ4v) is 1.51. The van der Waals surface area contributed by atoms with E-state index >= 15 is 0 Å². The molecule has 100 valence electrons. The summed E-state index contributed by atoms with van der Waals surface area (Å²) in [5, 5.41) is 15.6. The minimum atomic E-state index is -0.522. The molecule has 0 radical (unpaired) electrons. The predicted molar refractivity (Wildman–Crippen MR) is 73.9 cm³/mol. The number of halogens is 1. The minimum absolute atomic E-state index is 0.167. The normalized spacial score (nSPS) is 13.8. The van der Waals surface area contributed by atoms with Gasteiger partial charge in [-0.15, -0.1) is 0 Å². The molecule has 4 nitrogen and oxygen atoms in total. The van der Waals surface area contributed by atoms with Crippen LogP contribution < -0.4 is 10.6 Å². The van der Waals surface area contributed by atoms with Crippen molar-refractivity contribution >= 4 is 23.3 Å². The van der Waals surface area contributed by atoms with E-state index in [0.29, 0.717) is 10.7 Å². The van der Waals surface area contributed by atoms with Crippen molar-refractivity contribution in [1.82, 2.24) is 5.32 Å². The van der Waals surface area contributed by atoms with E-state index < -0.39 is 6.10 Å². The van der Waals surface area contributed by atoms with Gasteiger partial charge in [-0.3, -0.25) is 0 Å². The highest BCUT2D eigenvalue weighted by molar-refractivity contribution is 6.30.